The fourth-order valence-corrected chi connectivity index (χ4v) is 2.55. The third kappa shape index (κ3) is 2.53. The van der Waals surface area contributed by atoms with Gasteiger partial charge >= 0.3 is 11.9 Å². The molecule has 0 unspecified atom stereocenters. The lowest BCUT2D eigenvalue weighted by molar-refractivity contribution is -0.137. The molecule has 19 heavy (non-hydrogen) atoms. The van der Waals surface area contributed by atoms with Crippen molar-refractivity contribution in [3.05, 3.63) is 18.0 Å². The Balaban J connectivity index is 2.49. The molecule has 2 rings (SSSR count). The number of thioether (sulfide) groups is 1. The topological polar surface area (TPSA) is 94.3 Å². The van der Waals surface area contributed by atoms with E-state index in [0.717, 1.165) is 11.8 Å². The number of rotatable bonds is 4. The Hall–Kier alpha value is -2.09. The molecule has 0 spiro atoms. The molecule has 1 N–H and O–H groups in total. The zero-order valence-corrected chi connectivity index (χ0v) is 11.1. The van der Waals surface area contributed by atoms with Gasteiger partial charge in [0.25, 0.3) is 0 Å². The number of aromatic nitrogens is 3. The molecule has 7 nitrogen and oxygen atoms in total. The molecule has 0 amide bonds. The van der Waals surface area contributed by atoms with E-state index in [0.29, 0.717) is 15.9 Å². The molecular formula is C11H11N3O4S. The van der Waals surface area contributed by atoms with E-state index in [1.54, 1.807) is 11.7 Å². The van der Waals surface area contributed by atoms with Gasteiger partial charge in [-0.25, -0.2) is 9.78 Å². The van der Waals surface area contributed by atoms with Crippen LogP contribution in [0.5, 0.6) is 0 Å². The second-order valence-electron chi connectivity index (χ2n) is 3.68. The Kier molecular flexibility index (Phi) is 3.70. The Morgan fingerprint density at radius 2 is 2.21 bits per heavy atom. The number of carbonyl (C=O) groups excluding carboxylic acids is 1. The highest BCUT2D eigenvalue weighted by molar-refractivity contribution is 8.00. The Morgan fingerprint density at radius 3 is 2.84 bits per heavy atom. The van der Waals surface area contributed by atoms with Crippen molar-refractivity contribution in [1.82, 2.24) is 14.8 Å². The third-order valence-electron chi connectivity index (χ3n) is 2.51. The van der Waals surface area contributed by atoms with Crippen molar-refractivity contribution < 1.29 is 19.4 Å². The van der Waals surface area contributed by atoms with E-state index in [-0.39, 0.29) is 11.3 Å². The lowest BCUT2D eigenvalue weighted by atomic mass is 10.2. The number of methoxy groups -OCH3 is 1. The van der Waals surface area contributed by atoms with Gasteiger partial charge in [0.05, 0.1) is 30.0 Å². The van der Waals surface area contributed by atoms with Gasteiger partial charge in [0.15, 0.2) is 5.65 Å². The van der Waals surface area contributed by atoms with Crippen LogP contribution in [0.25, 0.3) is 11.0 Å². The molecule has 0 saturated heterocycles. The molecule has 0 aliphatic carbocycles. The van der Waals surface area contributed by atoms with E-state index in [1.807, 2.05) is 0 Å². The van der Waals surface area contributed by atoms with Crippen molar-refractivity contribution in [2.24, 2.45) is 7.05 Å². The van der Waals surface area contributed by atoms with Crippen LogP contribution in [-0.2, 0) is 16.6 Å². The summed E-state index contributed by atoms with van der Waals surface area (Å²) in [5, 5.41) is 13.8. The fourth-order valence-electron chi connectivity index (χ4n) is 1.57. The number of aromatic carboxylic acids is 1. The average Bonchev–Trinajstić information content (AvgIpc) is 2.77. The van der Waals surface area contributed by atoms with Gasteiger partial charge in [-0.1, -0.05) is 0 Å². The normalized spacial score (nSPS) is 10.6. The molecule has 0 saturated carbocycles. The van der Waals surface area contributed by atoms with E-state index < -0.39 is 11.9 Å². The Morgan fingerprint density at radius 1 is 1.47 bits per heavy atom. The maximum Gasteiger partial charge on any atom is 0.338 e. The molecule has 0 aliphatic heterocycles. The van der Waals surface area contributed by atoms with Gasteiger partial charge in [0.1, 0.15) is 0 Å². The molecule has 8 heteroatoms. The van der Waals surface area contributed by atoms with Crippen molar-refractivity contribution in [2.75, 3.05) is 12.9 Å². The second kappa shape index (κ2) is 5.27. The smallest absolute Gasteiger partial charge is 0.338 e. The lowest BCUT2D eigenvalue weighted by Crippen LogP contribution is -2.06. The number of carboxylic acid groups (broad SMARTS) is 1. The van der Waals surface area contributed by atoms with Crippen molar-refractivity contribution in [3.63, 3.8) is 0 Å². The van der Waals surface area contributed by atoms with Crippen molar-refractivity contribution >= 4 is 34.7 Å². The predicted octanol–water partition coefficient (Wildman–Crippen LogP) is 0.932. The molecule has 2 aromatic rings. The molecule has 0 atom stereocenters. The summed E-state index contributed by atoms with van der Waals surface area (Å²) >= 11 is 1.10. The van der Waals surface area contributed by atoms with Gasteiger partial charge in [-0.05, 0) is 0 Å². The largest absolute Gasteiger partial charge is 0.478 e. The molecule has 2 aromatic heterocycles. The van der Waals surface area contributed by atoms with E-state index >= 15 is 0 Å². The van der Waals surface area contributed by atoms with Crippen LogP contribution in [0, 0.1) is 0 Å². The minimum Gasteiger partial charge on any atom is -0.478 e. The summed E-state index contributed by atoms with van der Waals surface area (Å²) in [5.74, 6) is -1.48. The van der Waals surface area contributed by atoms with E-state index in [4.69, 9.17) is 5.11 Å². The summed E-state index contributed by atoms with van der Waals surface area (Å²) in [6.45, 7) is 0. The molecular weight excluding hydrogens is 270 g/mol. The van der Waals surface area contributed by atoms with Crippen LogP contribution < -0.4 is 0 Å². The third-order valence-corrected chi connectivity index (χ3v) is 3.61. The highest BCUT2D eigenvalue weighted by Gasteiger charge is 2.18. The first-order chi connectivity index (χ1) is 9.04. The van der Waals surface area contributed by atoms with Crippen LogP contribution in [0.4, 0.5) is 0 Å². The molecule has 0 aromatic carbocycles. The highest BCUT2D eigenvalue weighted by atomic mass is 32.2. The lowest BCUT2D eigenvalue weighted by Gasteiger charge is -2.06. The molecule has 0 bridgehead atoms. The molecule has 0 radical (unpaired) electrons. The van der Waals surface area contributed by atoms with Crippen LogP contribution >= 0.6 is 11.8 Å². The van der Waals surface area contributed by atoms with Gasteiger partial charge in [-0.3, -0.25) is 9.48 Å². The van der Waals surface area contributed by atoms with Gasteiger partial charge < -0.3 is 9.84 Å². The van der Waals surface area contributed by atoms with Gasteiger partial charge in [-0.2, -0.15) is 5.10 Å². The summed E-state index contributed by atoms with van der Waals surface area (Å²) in [7, 11) is 3.00. The first kappa shape index (κ1) is 13.3. The second-order valence-corrected chi connectivity index (χ2v) is 4.66. The van der Waals surface area contributed by atoms with Crippen LogP contribution in [0.15, 0.2) is 17.3 Å². The summed E-state index contributed by atoms with van der Waals surface area (Å²) in [6, 6.07) is 0. The quantitative estimate of drug-likeness (QED) is 0.658. The standard InChI is InChI=1S/C11H11N3O4S/c1-14-10-6(4-13-14)9(19-5-8(15)18-2)7(3-12-10)11(16)17/h3-4H,5H2,1-2H3,(H,16,17). The van der Waals surface area contributed by atoms with Crippen LogP contribution in [-0.4, -0.2) is 44.7 Å². The fraction of sp³-hybridized carbons (Fsp3) is 0.273. The van der Waals surface area contributed by atoms with Gasteiger partial charge in [0.2, 0.25) is 0 Å². The Bertz CT molecular complexity index is 653. The highest BCUT2D eigenvalue weighted by Crippen LogP contribution is 2.30. The minimum absolute atomic E-state index is 0.0325. The Labute approximate surface area is 112 Å². The summed E-state index contributed by atoms with van der Waals surface area (Å²) < 4.78 is 6.09. The maximum atomic E-state index is 11.2. The molecule has 0 aliphatic rings. The summed E-state index contributed by atoms with van der Waals surface area (Å²) in [5.41, 5.74) is 0.617. The number of carboxylic acids is 1. The zero-order valence-electron chi connectivity index (χ0n) is 10.3. The number of fused-ring (bicyclic) bond motifs is 1. The SMILES string of the molecule is COC(=O)CSc1c(C(=O)O)cnc2c1cnn2C. The number of hydrogen-bond acceptors (Lipinski definition) is 6. The number of pyridine rings is 1. The molecule has 0 fully saturated rings. The van der Waals surface area contributed by atoms with Gasteiger partial charge in [-0.15, -0.1) is 11.8 Å². The number of nitrogens with zero attached hydrogens (tertiary/aromatic N) is 3. The van der Waals surface area contributed by atoms with Crippen molar-refractivity contribution in [1.29, 1.82) is 0 Å². The van der Waals surface area contributed by atoms with Crippen LogP contribution in [0.3, 0.4) is 0 Å². The predicted molar refractivity (Wildman–Crippen MR) is 68.2 cm³/mol. The first-order valence-corrected chi connectivity index (χ1v) is 6.26. The monoisotopic (exact) mass is 281 g/mol. The zero-order chi connectivity index (χ0) is 14.0. The molecule has 2 heterocycles. The number of carbonyl (C=O) groups is 2. The first-order valence-electron chi connectivity index (χ1n) is 5.28. The maximum absolute atomic E-state index is 11.2. The minimum atomic E-state index is -1.09. The number of hydrogen-bond donors (Lipinski definition) is 1. The van der Waals surface area contributed by atoms with Crippen molar-refractivity contribution in [3.8, 4) is 0 Å². The summed E-state index contributed by atoms with van der Waals surface area (Å²) in [6.07, 6.45) is 2.81. The summed E-state index contributed by atoms with van der Waals surface area (Å²) in [4.78, 5) is 26.9. The number of esters is 1. The molecule has 100 valence electrons. The average molecular weight is 281 g/mol. The van der Waals surface area contributed by atoms with Crippen LogP contribution in [0.1, 0.15) is 10.4 Å². The van der Waals surface area contributed by atoms with E-state index in [2.05, 4.69) is 14.8 Å². The van der Waals surface area contributed by atoms with E-state index in [9.17, 15) is 9.59 Å². The number of ether oxygens (including phenoxy) is 1. The van der Waals surface area contributed by atoms with Gasteiger partial charge in [0, 0.05) is 18.1 Å². The number of aryl methyl sites for hydroxylation is 1. The van der Waals surface area contributed by atoms with Crippen molar-refractivity contribution in [2.45, 2.75) is 4.90 Å². The van der Waals surface area contributed by atoms with Crippen LogP contribution in [0.2, 0.25) is 0 Å². The van der Waals surface area contributed by atoms with E-state index in [1.165, 1.54) is 19.5 Å².